The molecule has 4 unspecified atom stereocenters. The number of pyridine rings is 2. The molecule has 4 atom stereocenters. The number of rotatable bonds is 6. The van der Waals surface area contributed by atoms with Crippen LogP contribution in [0.25, 0.3) is 0 Å². The molecule has 2 aromatic heterocycles. The van der Waals surface area contributed by atoms with Gasteiger partial charge in [0.2, 0.25) is 0 Å². The SMILES string of the molecule is OCc1cccc(C[N+]23CCCN(CC[N+]4(Cc5cccc(CO)n5)CCCN(CC2)C4)C3)n1. The molecule has 2 aromatic rings. The number of aromatic nitrogens is 2. The molecule has 8 heteroatoms. The van der Waals surface area contributed by atoms with Crippen LogP contribution in [0.4, 0.5) is 0 Å². The number of fused-ring (bicyclic) bond motifs is 4. The Labute approximate surface area is 203 Å². The van der Waals surface area contributed by atoms with Crippen molar-refractivity contribution in [3.8, 4) is 0 Å². The molecule has 0 spiro atoms. The molecule has 0 aromatic carbocycles. The minimum Gasteiger partial charge on any atom is -0.390 e. The van der Waals surface area contributed by atoms with Gasteiger partial charge in [-0.05, 0) is 24.3 Å². The Balaban J connectivity index is 1.35. The van der Waals surface area contributed by atoms with Gasteiger partial charge in [0, 0.05) is 25.9 Å². The second-order valence-corrected chi connectivity index (χ2v) is 10.7. The molecule has 184 valence electrons. The second kappa shape index (κ2) is 10.4. The third kappa shape index (κ3) is 5.48. The highest BCUT2D eigenvalue weighted by atomic mass is 16.3. The van der Waals surface area contributed by atoms with E-state index in [0.29, 0.717) is 0 Å². The third-order valence-corrected chi connectivity index (χ3v) is 8.04. The molecular weight excluding hydrogens is 428 g/mol. The van der Waals surface area contributed by atoms with Gasteiger partial charge in [-0.2, -0.15) is 0 Å². The summed E-state index contributed by atoms with van der Waals surface area (Å²) >= 11 is 0. The Morgan fingerprint density at radius 1 is 0.618 bits per heavy atom. The Bertz CT molecular complexity index is 896. The van der Waals surface area contributed by atoms with Gasteiger partial charge >= 0.3 is 0 Å². The number of aliphatic hydroxyl groups excluding tert-OH is 2. The van der Waals surface area contributed by atoms with Crippen molar-refractivity contribution in [1.82, 2.24) is 19.8 Å². The fourth-order valence-electron chi connectivity index (χ4n) is 6.34. The molecule has 3 aliphatic rings. The average molecular weight is 469 g/mol. The Hall–Kier alpha value is -1.94. The molecule has 5 rings (SSSR count). The van der Waals surface area contributed by atoms with Crippen molar-refractivity contribution in [2.75, 3.05) is 65.7 Å². The van der Waals surface area contributed by atoms with Gasteiger partial charge in [0.05, 0.1) is 75.3 Å². The number of quaternary nitrogens is 2. The van der Waals surface area contributed by atoms with Gasteiger partial charge in [-0.15, -0.1) is 0 Å². The maximum absolute atomic E-state index is 9.55. The summed E-state index contributed by atoms with van der Waals surface area (Å²) in [6.07, 6.45) is 2.44. The molecule has 2 N–H and O–H groups in total. The predicted octanol–water partition coefficient (Wildman–Crippen LogP) is 1.14. The molecular formula is C26H40N6O2+2. The van der Waals surface area contributed by atoms with Crippen LogP contribution >= 0.6 is 0 Å². The fraction of sp³-hybridized carbons (Fsp3) is 0.615. The summed E-state index contributed by atoms with van der Waals surface area (Å²) < 4.78 is 2.14. The van der Waals surface area contributed by atoms with Crippen LogP contribution in [-0.2, 0) is 26.3 Å². The lowest BCUT2D eigenvalue weighted by atomic mass is 10.1. The summed E-state index contributed by atoms with van der Waals surface area (Å²) in [5.41, 5.74) is 3.73. The van der Waals surface area contributed by atoms with Crippen LogP contribution in [-0.4, -0.2) is 105 Å². The highest BCUT2D eigenvalue weighted by molar-refractivity contribution is 5.10. The van der Waals surface area contributed by atoms with Crippen molar-refractivity contribution >= 4 is 0 Å². The zero-order valence-electron chi connectivity index (χ0n) is 20.4. The van der Waals surface area contributed by atoms with Crippen molar-refractivity contribution < 1.29 is 19.2 Å². The first-order chi connectivity index (χ1) is 16.6. The highest BCUT2D eigenvalue weighted by Gasteiger charge is 2.41. The van der Waals surface area contributed by atoms with E-state index in [1.807, 2.05) is 24.3 Å². The van der Waals surface area contributed by atoms with E-state index in [2.05, 4.69) is 21.9 Å². The first kappa shape index (κ1) is 23.8. The fourth-order valence-corrected chi connectivity index (χ4v) is 6.34. The molecule has 34 heavy (non-hydrogen) atoms. The van der Waals surface area contributed by atoms with Gasteiger partial charge < -0.3 is 19.2 Å². The first-order valence-corrected chi connectivity index (χ1v) is 12.9. The minimum absolute atomic E-state index is 0.00378. The molecule has 3 saturated heterocycles. The molecule has 0 saturated carbocycles. The summed E-state index contributed by atoms with van der Waals surface area (Å²) in [7, 11) is 0. The van der Waals surface area contributed by atoms with Crippen LogP contribution < -0.4 is 0 Å². The number of hydrogen-bond acceptors (Lipinski definition) is 6. The van der Waals surface area contributed by atoms with Gasteiger partial charge in [-0.1, -0.05) is 12.1 Å². The van der Waals surface area contributed by atoms with Crippen molar-refractivity contribution in [3.05, 3.63) is 59.2 Å². The minimum atomic E-state index is 0.00378. The van der Waals surface area contributed by atoms with E-state index < -0.39 is 0 Å². The zero-order chi connectivity index (χ0) is 23.4. The number of aliphatic hydroxyl groups is 2. The molecule has 3 fully saturated rings. The van der Waals surface area contributed by atoms with Gasteiger partial charge in [0.25, 0.3) is 0 Å². The Kier molecular flexibility index (Phi) is 7.24. The Morgan fingerprint density at radius 3 is 1.50 bits per heavy atom. The van der Waals surface area contributed by atoms with E-state index >= 15 is 0 Å². The van der Waals surface area contributed by atoms with Crippen molar-refractivity contribution in [2.45, 2.75) is 39.1 Å². The summed E-state index contributed by atoms with van der Waals surface area (Å²) in [4.78, 5) is 14.8. The van der Waals surface area contributed by atoms with Crippen molar-refractivity contribution in [2.24, 2.45) is 0 Å². The number of hydrogen-bond donors (Lipinski definition) is 2. The van der Waals surface area contributed by atoms with E-state index in [0.717, 1.165) is 84.3 Å². The van der Waals surface area contributed by atoms with E-state index in [-0.39, 0.29) is 13.2 Å². The molecule has 0 aliphatic carbocycles. The normalized spacial score (nSPS) is 31.7. The van der Waals surface area contributed by atoms with E-state index in [1.54, 1.807) is 0 Å². The van der Waals surface area contributed by atoms with E-state index in [1.165, 1.54) is 39.0 Å². The molecule has 3 aliphatic heterocycles. The largest absolute Gasteiger partial charge is 0.390 e. The highest BCUT2D eigenvalue weighted by Crippen LogP contribution is 2.26. The average Bonchev–Trinajstić information content (AvgIpc) is 2.87. The third-order valence-electron chi connectivity index (χ3n) is 8.04. The van der Waals surface area contributed by atoms with Gasteiger partial charge in [-0.3, -0.25) is 9.80 Å². The molecule has 8 nitrogen and oxygen atoms in total. The van der Waals surface area contributed by atoms with Crippen LogP contribution in [0, 0.1) is 0 Å². The molecule has 0 amide bonds. The summed E-state index contributed by atoms with van der Waals surface area (Å²) in [5.74, 6) is 0. The van der Waals surface area contributed by atoms with Crippen molar-refractivity contribution in [3.63, 3.8) is 0 Å². The lowest BCUT2D eigenvalue weighted by Gasteiger charge is -2.51. The quantitative estimate of drug-likeness (QED) is 0.620. The standard InChI is InChI=1S/C26H40N6O2/c33-19-25-7-1-5-23(27-25)17-31-13-3-9-29(21-31)12-16-32(14-4-10-30(22-32)11-15-31)18-24-6-2-8-26(20-34)28-24/h1-2,5-8,33-34H,3-4,9-22H2/q+2. The summed E-state index contributed by atoms with van der Waals surface area (Å²) in [6, 6.07) is 12.1. The van der Waals surface area contributed by atoms with Crippen LogP contribution in [0.2, 0.25) is 0 Å². The smallest absolute Gasteiger partial charge is 0.135 e. The topological polar surface area (TPSA) is 72.7 Å². The maximum atomic E-state index is 9.55. The monoisotopic (exact) mass is 468 g/mol. The van der Waals surface area contributed by atoms with Crippen molar-refractivity contribution in [1.29, 1.82) is 0 Å². The predicted molar refractivity (Wildman–Crippen MR) is 130 cm³/mol. The van der Waals surface area contributed by atoms with Gasteiger partial charge in [0.1, 0.15) is 26.4 Å². The summed E-state index contributed by atoms with van der Waals surface area (Å²) in [6.45, 7) is 13.3. The van der Waals surface area contributed by atoms with Crippen LogP contribution in [0.1, 0.15) is 35.6 Å². The van der Waals surface area contributed by atoms with Gasteiger partial charge in [-0.25, -0.2) is 9.97 Å². The zero-order valence-corrected chi connectivity index (χ0v) is 20.4. The van der Waals surface area contributed by atoms with Gasteiger partial charge in [0.15, 0.2) is 0 Å². The second-order valence-electron chi connectivity index (χ2n) is 10.7. The molecule has 4 bridgehead atoms. The van der Waals surface area contributed by atoms with Crippen LogP contribution in [0.5, 0.6) is 0 Å². The molecule has 5 heterocycles. The lowest BCUT2D eigenvalue weighted by Crippen LogP contribution is -2.67. The summed E-state index contributed by atoms with van der Waals surface area (Å²) in [5, 5.41) is 19.1. The maximum Gasteiger partial charge on any atom is 0.135 e. The number of nitrogens with zero attached hydrogens (tertiary/aromatic N) is 6. The first-order valence-electron chi connectivity index (χ1n) is 12.9. The lowest BCUT2D eigenvalue weighted by molar-refractivity contribution is -0.971. The van der Waals surface area contributed by atoms with Crippen LogP contribution in [0.3, 0.4) is 0 Å². The van der Waals surface area contributed by atoms with Crippen LogP contribution in [0.15, 0.2) is 36.4 Å². The Morgan fingerprint density at radius 2 is 1.06 bits per heavy atom. The van der Waals surface area contributed by atoms with E-state index in [9.17, 15) is 10.2 Å². The molecule has 0 radical (unpaired) electrons. The van der Waals surface area contributed by atoms with E-state index in [4.69, 9.17) is 9.97 Å².